The van der Waals surface area contributed by atoms with E-state index in [1.807, 2.05) is 0 Å². The van der Waals surface area contributed by atoms with Crippen LogP contribution >= 0.6 is 15.6 Å². The molecule has 0 bridgehead atoms. The lowest BCUT2D eigenvalue weighted by molar-refractivity contribution is -0.161. The normalized spacial score (nSPS) is 13.9. The number of aliphatic hydroxyl groups excluding tert-OH is 1. The Morgan fingerprint density at radius 1 is 0.287 bits per heavy atom. The second kappa shape index (κ2) is 81.1. The predicted octanol–water partition coefficient (Wildman–Crippen LogP) is 27.1. The number of carbonyl (C=O) groups is 4. The summed E-state index contributed by atoms with van der Waals surface area (Å²) in [6.07, 6.45) is 78.7. The lowest BCUT2D eigenvalue weighted by Gasteiger charge is -2.21. The summed E-state index contributed by atoms with van der Waals surface area (Å²) in [6.45, 7) is 7.29. The molecule has 0 saturated carbocycles. The van der Waals surface area contributed by atoms with E-state index in [4.69, 9.17) is 37.0 Å². The van der Waals surface area contributed by atoms with E-state index >= 15 is 0 Å². The summed E-state index contributed by atoms with van der Waals surface area (Å²) in [5.74, 6) is -1.39. The third-order valence-corrected chi connectivity index (χ3v) is 22.3. The maximum atomic E-state index is 13.2. The summed E-state index contributed by atoms with van der Waals surface area (Å²) in [6, 6.07) is 0. The van der Waals surface area contributed by atoms with Crippen LogP contribution in [0.25, 0.3) is 0 Å². The molecule has 0 spiro atoms. The Hall–Kier alpha value is -2.46. The molecule has 0 radical (unpaired) electrons. The molecule has 0 aliphatic heterocycles. The molecule has 2 unspecified atom stereocenters. The maximum absolute atomic E-state index is 13.2. The van der Waals surface area contributed by atoms with Crippen LogP contribution in [-0.2, 0) is 65.4 Å². The Labute approximate surface area is 663 Å². The molecule has 0 aliphatic rings. The van der Waals surface area contributed by atoms with Gasteiger partial charge in [-0.05, 0) is 57.3 Å². The summed E-state index contributed by atoms with van der Waals surface area (Å²) >= 11 is 0. The molecule has 108 heavy (non-hydrogen) atoms. The fourth-order valence-electron chi connectivity index (χ4n) is 13.5. The summed E-state index contributed by atoms with van der Waals surface area (Å²) in [7, 11) is -9.94. The zero-order valence-electron chi connectivity index (χ0n) is 70.5. The summed E-state index contributed by atoms with van der Waals surface area (Å²) in [5, 5.41) is 10.7. The van der Waals surface area contributed by atoms with E-state index in [2.05, 4.69) is 58.9 Å². The Bertz CT molecular complexity index is 2140. The van der Waals surface area contributed by atoms with Crippen molar-refractivity contribution in [2.45, 2.75) is 477 Å². The van der Waals surface area contributed by atoms with Crippen molar-refractivity contribution in [2.24, 2.45) is 5.92 Å². The third-order valence-electron chi connectivity index (χ3n) is 20.4. The maximum Gasteiger partial charge on any atom is 0.472 e. The van der Waals surface area contributed by atoms with Crippen LogP contribution in [0, 0.1) is 5.92 Å². The molecule has 3 N–H and O–H groups in total. The van der Waals surface area contributed by atoms with Crippen LogP contribution in [0.1, 0.15) is 458 Å². The number of carbonyl (C=O) groups excluding carboxylic acids is 4. The first-order valence-corrected chi connectivity index (χ1v) is 48.4. The van der Waals surface area contributed by atoms with Gasteiger partial charge in [-0.2, -0.15) is 0 Å². The molecular weight excluding hydrogens is 1400 g/mol. The van der Waals surface area contributed by atoms with Crippen molar-refractivity contribution in [3.05, 3.63) is 24.3 Å². The van der Waals surface area contributed by atoms with Gasteiger partial charge in [-0.3, -0.25) is 37.3 Å². The minimum Gasteiger partial charge on any atom is -0.462 e. The van der Waals surface area contributed by atoms with Gasteiger partial charge in [0.05, 0.1) is 26.4 Å². The number of unbranched alkanes of at least 4 members (excludes halogenated alkanes) is 56. The van der Waals surface area contributed by atoms with E-state index in [1.165, 1.54) is 270 Å². The van der Waals surface area contributed by atoms with Gasteiger partial charge in [-0.1, -0.05) is 406 Å². The van der Waals surface area contributed by atoms with Crippen molar-refractivity contribution in [3.63, 3.8) is 0 Å². The molecule has 17 nitrogen and oxygen atoms in total. The van der Waals surface area contributed by atoms with Gasteiger partial charge in [-0.15, -0.1) is 0 Å². The SMILES string of the molecule is CCCCCC/C=C\C=C/CCCCCCCC(=O)O[C@H](COC(=O)CCCCCCCCCCCC(C)C)COP(=O)(O)OC[C@H](O)COP(=O)(O)OC[C@@H](COC(=O)CCCCCCCCCCCCCCCCCCCCCC)OC(=O)CCCCCCCCCCCCCCCCCCCCCCC. The molecule has 0 rings (SSSR count). The highest BCUT2D eigenvalue weighted by molar-refractivity contribution is 7.47. The monoisotopic (exact) mass is 1570 g/mol. The third kappa shape index (κ3) is 81.6. The second-order valence-electron chi connectivity index (χ2n) is 31.8. The Kier molecular flexibility index (Phi) is 79.3. The number of hydrogen-bond donors (Lipinski definition) is 3. The fraction of sp³-hybridized carbons (Fsp3) is 0.910. The first kappa shape index (κ1) is 106. The Balaban J connectivity index is 5.27. The first-order valence-electron chi connectivity index (χ1n) is 45.5. The number of phosphoric ester groups is 2. The van der Waals surface area contributed by atoms with E-state index < -0.39 is 97.5 Å². The van der Waals surface area contributed by atoms with Gasteiger partial charge in [0.2, 0.25) is 0 Å². The van der Waals surface area contributed by atoms with Crippen LogP contribution in [0.15, 0.2) is 24.3 Å². The van der Waals surface area contributed by atoms with Gasteiger partial charge in [-0.25, -0.2) is 9.13 Å². The molecule has 0 heterocycles. The van der Waals surface area contributed by atoms with E-state index in [9.17, 15) is 43.2 Å². The van der Waals surface area contributed by atoms with Crippen LogP contribution in [0.3, 0.4) is 0 Å². The van der Waals surface area contributed by atoms with E-state index in [0.29, 0.717) is 25.7 Å². The lowest BCUT2D eigenvalue weighted by atomic mass is 10.0. The summed E-state index contributed by atoms with van der Waals surface area (Å²) in [5.41, 5.74) is 0. The quantitative estimate of drug-likeness (QED) is 0.0169. The van der Waals surface area contributed by atoms with Crippen LogP contribution < -0.4 is 0 Å². The van der Waals surface area contributed by atoms with Crippen molar-refractivity contribution in [1.29, 1.82) is 0 Å². The van der Waals surface area contributed by atoms with Gasteiger partial charge in [0.25, 0.3) is 0 Å². The average Bonchev–Trinajstić information content (AvgIpc) is 0.900. The zero-order chi connectivity index (χ0) is 79.0. The molecule has 0 saturated heterocycles. The highest BCUT2D eigenvalue weighted by Gasteiger charge is 2.30. The molecule has 0 aromatic rings. The highest BCUT2D eigenvalue weighted by Crippen LogP contribution is 2.45. The Morgan fingerprint density at radius 3 is 0.759 bits per heavy atom. The lowest BCUT2D eigenvalue weighted by Crippen LogP contribution is -2.30. The topological polar surface area (TPSA) is 237 Å². The van der Waals surface area contributed by atoms with E-state index in [-0.39, 0.29) is 25.7 Å². The number of aliphatic hydroxyl groups is 1. The number of allylic oxidation sites excluding steroid dienone is 4. The van der Waals surface area contributed by atoms with E-state index in [0.717, 1.165) is 109 Å². The predicted molar refractivity (Wildman–Crippen MR) is 446 cm³/mol. The summed E-state index contributed by atoms with van der Waals surface area (Å²) < 4.78 is 68.9. The van der Waals surface area contributed by atoms with Crippen LogP contribution in [0.4, 0.5) is 0 Å². The van der Waals surface area contributed by atoms with Gasteiger partial charge in [0, 0.05) is 25.7 Å². The number of phosphoric acid groups is 2. The first-order chi connectivity index (χ1) is 52.5. The molecule has 19 heteroatoms. The van der Waals surface area contributed by atoms with Crippen LogP contribution in [0.2, 0.25) is 0 Å². The molecule has 0 amide bonds. The van der Waals surface area contributed by atoms with Crippen LogP contribution in [0.5, 0.6) is 0 Å². The standard InChI is InChI=1S/C89H170O17P2/c1-6-9-12-15-18-21-24-27-30-32-34-36-38-40-43-46-49-54-60-65-70-75-89(94)105-84(78-99-86(91)72-67-62-57-52-47-44-42-39-37-35-33-31-28-25-22-19-16-13-10-7-2)80-103-107(95,96)101-76-83(90)77-102-108(97,98)104-81-85(79-100-87(92)73-68-63-58-55-50-51-56-61-66-71-82(4)5)106-88(93)74-69-64-59-53-48-45-41-29-26-23-20-17-14-11-8-3/h23,26,29,41,82-85,90H,6-22,24-25,27-28,30-40,42-81H2,1-5H3,(H,95,96)(H,97,98)/b26-23-,41-29-/t83-,84-,85-/m1/s1. The number of hydrogen-bond acceptors (Lipinski definition) is 15. The van der Waals surface area contributed by atoms with Crippen molar-refractivity contribution in [2.75, 3.05) is 39.6 Å². The van der Waals surface area contributed by atoms with Gasteiger partial charge >= 0.3 is 39.5 Å². The summed E-state index contributed by atoms with van der Waals surface area (Å²) in [4.78, 5) is 73.3. The van der Waals surface area contributed by atoms with Crippen molar-refractivity contribution >= 4 is 39.5 Å². The molecule has 0 aromatic carbocycles. The molecule has 0 aliphatic carbocycles. The number of esters is 4. The van der Waals surface area contributed by atoms with Gasteiger partial charge in [0.15, 0.2) is 12.2 Å². The average molecular weight is 1570 g/mol. The van der Waals surface area contributed by atoms with Crippen molar-refractivity contribution in [1.82, 2.24) is 0 Å². The highest BCUT2D eigenvalue weighted by atomic mass is 31.2. The fourth-order valence-corrected chi connectivity index (χ4v) is 15.0. The van der Waals surface area contributed by atoms with Crippen molar-refractivity contribution in [3.8, 4) is 0 Å². The van der Waals surface area contributed by atoms with Gasteiger partial charge in [0.1, 0.15) is 19.3 Å². The minimum absolute atomic E-state index is 0.0852. The second-order valence-corrected chi connectivity index (χ2v) is 34.7. The molecule has 5 atom stereocenters. The van der Waals surface area contributed by atoms with Crippen molar-refractivity contribution < 1.29 is 80.2 Å². The largest absolute Gasteiger partial charge is 0.472 e. The smallest absolute Gasteiger partial charge is 0.462 e. The molecular formula is C89H170O17P2. The van der Waals surface area contributed by atoms with E-state index in [1.54, 1.807) is 0 Å². The minimum atomic E-state index is -4.97. The molecule has 0 aromatic heterocycles. The van der Waals surface area contributed by atoms with Crippen LogP contribution in [-0.4, -0.2) is 96.7 Å². The molecule has 638 valence electrons. The zero-order valence-corrected chi connectivity index (χ0v) is 72.3. The Morgan fingerprint density at radius 2 is 0.500 bits per heavy atom. The number of rotatable bonds is 87. The molecule has 0 fully saturated rings. The number of ether oxygens (including phenoxy) is 4. The van der Waals surface area contributed by atoms with Gasteiger partial charge < -0.3 is 33.8 Å².